The molecule has 3 aromatic heterocycles. The molecule has 0 saturated carbocycles. The van der Waals surface area contributed by atoms with Gasteiger partial charge in [0.15, 0.2) is 0 Å². The van der Waals surface area contributed by atoms with Gasteiger partial charge in [0.2, 0.25) is 0 Å². The fourth-order valence-corrected chi connectivity index (χ4v) is 4.96. The van der Waals surface area contributed by atoms with Gasteiger partial charge >= 0.3 is 0 Å². The van der Waals surface area contributed by atoms with Crippen LogP contribution in [0, 0.1) is 5.82 Å². The lowest BCUT2D eigenvalue weighted by Crippen LogP contribution is -2.35. The van der Waals surface area contributed by atoms with Crippen LogP contribution in [0.25, 0.3) is 5.52 Å². The number of carbonyl (C=O) groups excluding carboxylic acids is 1. The summed E-state index contributed by atoms with van der Waals surface area (Å²) in [7, 11) is 0. The number of nitrogens with one attached hydrogen (secondary N) is 1. The van der Waals surface area contributed by atoms with Gasteiger partial charge in [0.05, 0.1) is 23.1 Å². The molecule has 4 aromatic rings. The van der Waals surface area contributed by atoms with Crippen LogP contribution in [0.4, 0.5) is 4.39 Å². The summed E-state index contributed by atoms with van der Waals surface area (Å²) in [5, 5.41) is 0.494. The second-order valence-corrected chi connectivity index (χ2v) is 9.42. The van der Waals surface area contributed by atoms with Gasteiger partial charge in [0, 0.05) is 56.6 Å². The maximum Gasteiger partial charge on any atom is 0.272 e. The highest BCUT2D eigenvalue weighted by atomic mass is 35.5. The average molecular weight is 517 g/mol. The fraction of sp³-hybridized carbons (Fsp3) is 0.280. The van der Waals surface area contributed by atoms with Crippen LogP contribution in [-0.4, -0.2) is 51.3 Å². The molecule has 1 aliphatic rings. The van der Waals surface area contributed by atoms with E-state index >= 15 is 0 Å². The van der Waals surface area contributed by atoms with Crippen molar-refractivity contribution < 1.29 is 13.6 Å². The molecular formula is C25H23Cl2FN4O3. The van der Waals surface area contributed by atoms with Crippen molar-refractivity contribution in [2.75, 3.05) is 26.2 Å². The van der Waals surface area contributed by atoms with E-state index in [1.54, 1.807) is 40.2 Å². The third-order valence-electron chi connectivity index (χ3n) is 6.30. The number of nitrogens with zero attached hydrogens (tertiary/aromatic N) is 3. The molecule has 4 heterocycles. The minimum absolute atomic E-state index is 0.0306. The van der Waals surface area contributed by atoms with Crippen molar-refractivity contribution >= 4 is 34.6 Å². The minimum atomic E-state index is -0.563. The van der Waals surface area contributed by atoms with E-state index in [0.717, 1.165) is 25.1 Å². The second-order valence-electron chi connectivity index (χ2n) is 8.66. The van der Waals surface area contributed by atoms with Crippen LogP contribution >= 0.6 is 23.2 Å². The van der Waals surface area contributed by atoms with Crippen LogP contribution < -0.4 is 5.56 Å². The summed E-state index contributed by atoms with van der Waals surface area (Å²) in [4.78, 5) is 32.1. The molecule has 1 fully saturated rings. The van der Waals surface area contributed by atoms with E-state index in [-0.39, 0.29) is 27.2 Å². The topological polar surface area (TPSA) is 74.0 Å². The Morgan fingerprint density at radius 2 is 1.94 bits per heavy atom. The van der Waals surface area contributed by atoms with Crippen LogP contribution in [-0.2, 0) is 13.0 Å². The molecule has 1 amide bonds. The van der Waals surface area contributed by atoms with E-state index < -0.39 is 5.82 Å². The largest absolute Gasteiger partial charge is 0.472 e. The lowest BCUT2D eigenvalue weighted by atomic mass is 10.0. The predicted octanol–water partition coefficient (Wildman–Crippen LogP) is 4.61. The summed E-state index contributed by atoms with van der Waals surface area (Å²) in [6, 6.07) is 7.93. The number of amides is 1. The summed E-state index contributed by atoms with van der Waals surface area (Å²) < 4.78 is 21.5. The summed E-state index contributed by atoms with van der Waals surface area (Å²) in [5.74, 6) is -0.893. The van der Waals surface area contributed by atoms with Crippen molar-refractivity contribution in [2.45, 2.75) is 19.4 Å². The lowest BCUT2D eigenvalue weighted by molar-refractivity contribution is 0.0756. The summed E-state index contributed by atoms with van der Waals surface area (Å²) >= 11 is 12.4. The molecule has 0 atom stereocenters. The number of aromatic amines is 1. The number of fused-ring (bicyclic) bond motifs is 1. The first-order chi connectivity index (χ1) is 16.9. The maximum atomic E-state index is 14.8. The third kappa shape index (κ3) is 4.87. The highest BCUT2D eigenvalue weighted by Crippen LogP contribution is 2.27. The zero-order chi connectivity index (χ0) is 24.5. The number of benzene rings is 1. The molecule has 1 N–H and O–H groups in total. The van der Waals surface area contributed by atoms with Gasteiger partial charge in [-0.2, -0.15) is 0 Å². The van der Waals surface area contributed by atoms with E-state index in [9.17, 15) is 14.0 Å². The molecule has 0 unspecified atom stereocenters. The number of H-pyrrole nitrogens is 1. The van der Waals surface area contributed by atoms with E-state index in [2.05, 4.69) is 9.88 Å². The average Bonchev–Trinajstić information content (AvgIpc) is 3.39. The molecule has 7 nitrogen and oxygen atoms in total. The SMILES string of the molecule is O=C(c1cc(Cc2c[nH]c(=O)c3cc(Cl)c(Cl)n23)ccc1F)N1CCCN(Cc2ccoc2)CC1. The molecule has 5 rings (SSSR count). The van der Waals surface area contributed by atoms with Crippen LogP contribution in [0.15, 0.2) is 58.3 Å². The Bertz CT molecular complexity index is 1430. The van der Waals surface area contributed by atoms with Gasteiger partial charge in [-0.15, -0.1) is 0 Å². The van der Waals surface area contributed by atoms with Crippen molar-refractivity contribution in [1.82, 2.24) is 19.2 Å². The summed E-state index contributed by atoms with van der Waals surface area (Å²) in [6.07, 6.45) is 6.03. The Morgan fingerprint density at radius 1 is 1.09 bits per heavy atom. The standard InChI is InChI=1S/C25H23Cl2FN4O3/c26-20-12-22-24(33)29-13-18(32(22)23(20)27)10-16-2-3-21(28)19(11-16)25(34)31-6-1-5-30(7-8-31)14-17-4-9-35-15-17/h2-4,9,11-13,15H,1,5-8,10,14H2,(H,29,33). The monoisotopic (exact) mass is 516 g/mol. The maximum absolute atomic E-state index is 14.8. The molecule has 0 bridgehead atoms. The number of carbonyl (C=O) groups is 1. The normalized spacial score (nSPS) is 15.0. The fourth-order valence-electron chi connectivity index (χ4n) is 4.52. The van der Waals surface area contributed by atoms with Gasteiger partial charge in [-0.05, 0) is 36.2 Å². The lowest BCUT2D eigenvalue weighted by Gasteiger charge is -2.22. The number of aromatic nitrogens is 2. The Morgan fingerprint density at radius 3 is 2.74 bits per heavy atom. The first kappa shape index (κ1) is 23.7. The van der Waals surface area contributed by atoms with Gasteiger partial charge in [-0.25, -0.2) is 4.39 Å². The summed E-state index contributed by atoms with van der Waals surface area (Å²) in [6.45, 7) is 3.36. The molecule has 0 aliphatic carbocycles. The number of rotatable bonds is 5. The highest BCUT2D eigenvalue weighted by molar-refractivity contribution is 6.42. The van der Waals surface area contributed by atoms with E-state index in [0.29, 0.717) is 42.8 Å². The minimum Gasteiger partial charge on any atom is -0.472 e. The quantitative estimate of drug-likeness (QED) is 0.420. The zero-order valence-electron chi connectivity index (χ0n) is 18.8. The first-order valence-electron chi connectivity index (χ1n) is 11.3. The van der Waals surface area contributed by atoms with Crippen molar-refractivity contribution in [1.29, 1.82) is 0 Å². The van der Waals surface area contributed by atoms with Crippen molar-refractivity contribution in [3.63, 3.8) is 0 Å². The molecule has 1 aliphatic heterocycles. The second kappa shape index (κ2) is 9.89. The molecule has 1 saturated heterocycles. The smallest absolute Gasteiger partial charge is 0.272 e. The van der Waals surface area contributed by atoms with Gasteiger partial charge < -0.3 is 14.3 Å². The van der Waals surface area contributed by atoms with Gasteiger partial charge in [-0.1, -0.05) is 29.3 Å². The number of hydrogen-bond acceptors (Lipinski definition) is 4. The van der Waals surface area contributed by atoms with Crippen LogP contribution in [0.3, 0.4) is 0 Å². The van der Waals surface area contributed by atoms with E-state index in [1.165, 1.54) is 12.1 Å². The van der Waals surface area contributed by atoms with Crippen LogP contribution in [0.2, 0.25) is 10.2 Å². The molecule has 0 radical (unpaired) electrons. The molecule has 0 spiro atoms. The van der Waals surface area contributed by atoms with Crippen molar-refractivity contribution in [2.24, 2.45) is 0 Å². The molecule has 1 aromatic carbocycles. The number of furan rings is 1. The zero-order valence-corrected chi connectivity index (χ0v) is 20.3. The van der Waals surface area contributed by atoms with Gasteiger partial charge in [-0.3, -0.25) is 18.9 Å². The van der Waals surface area contributed by atoms with Crippen LogP contribution in [0.5, 0.6) is 0 Å². The van der Waals surface area contributed by atoms with Crippen LogP contribution in [0.1, 0.15) is 33.6 Å². The van der Waals surface area contributed by atoms with E-state index in [1.807, 2.05) is 6.07 Å². The number of halogens is 3. The predicted molar refractivity (Wildman–Crippen MR) is 132 cm³/mol. The third-order valence-corrected chi connectivity index (χ3v) is 7.05. The van der Waals surface area contributed by atoms with Crippen molar-refractivity contribution in [3.05, 3.63) is 97.8 Å². The van der Waals surface area contributed by atoms with Crippen molar-refractivity contribution in [3.8, 4) is 0 Å². The van der Waals surface area contributed by atoms with Gasteiger partial charge in [0.1, 0.15) is 16.5 Å². The Balaban J connectivity index is 1.35. The highest BCUT2D eigenvalue weighted by Gasteiger charge is 2.23. The first-order valence-corrected chi connectivity index (χ1v) is 12.0. The molecule has 35 heavy (non-hydrogen) atoms. The summed E-state index contributed by atoms with van der Waals surface area (Å²) in [5.41, 5.74) is 2.49. The Kier molecular flexibility index (Phi) is 6.69. The Labute approximate surface area is 210 Å². The van der Waals surface area contributed by atoms with E-state index in [4.69, 9.17) is 27.6 Å². The molecular weight excluding hydrogens is 494 g/mol. The Hall–Kier alpha value is -3.07. The van der Waals surface area contributed by atoms with Gasteiger partial charge in [0.25, 0.3) is 11.5 Å². The number of hydrogen-bond donors (Lipinski definition) is 1. The molecule has 10 heteroatoms. The molecule has 182 valence electrons.